The average Bonchev–Trinajstić information content (AvgIpc) is 2.71. The summed E-state index contributed by atoms with van der Waals surface area (Å²) >= 11 is 5.73. The molecule has 0 atom stereocenters. The minimum absolute atomic E-state index is 0.1000. The zero-order valence-corrected chi connectivity index (χ0v) is 17.4. The van der Waals surface area contributed by atoms with E-state index in [0.717, 1.165) is 23.5 Å². The lowest BCUT2D eigenvalue weighted by molar-refractivity contribution is -0.385. The molecule has 0 aliphatic carbocycles. The minimum Gasteiger partial charge on any atom is -0.434 e. The first kappa shape index (κ1) is 22.4. The second kappa shape index (κ2) is 9.22. The van der Waals surface area contributed by atoms with Crippen molar-refractivity contribution in [1.82, 2.24) is 15.4 Å². The van der Waals surface area contributed by atoms with Crippen molar-refractivity contribution in [3.05, 3.63) is 84.7 Å². The van der Waals surface area contributed by atoms with Gasteiger partial charge in [0.25, 0.3) is 11.6 Å². The Bertz CT molecular complexity index is 1210. The number of hydrogen-bond donors (Lipinski definition) is 2. The molecule has 164 valence electrons. The van der Waals surface area contributed by atoms with Crippen molar-refractivity contribution in [2.24, 2.45) is 0 Å². The van der Waals surface area contributed by atoms with Gasteiger partial charge in [-0.3, -0.25) is 35.9 Å². The van der Waals surface area contributed by atoms with Crippen LogP contribution in [0.1, 0.15) is 21.5 Å². The third kappa shape index (κ3) is 5.05. The molecule has 2 aromatic carbocycles. The van der Waals surface area contributed by atoms with Gasteiger partial charge in [0.15, 0.2) is 0 Å². The van der Waals surface area contributed by atoms with Gasteiger partial charge in [-0.15, -0.1) is 0 Å². The normalized spacial score (nSPS) is 10.3. The van der Waals surface area contributed by atoms with Crippen molar-refractivity contribution in [2.75, 3.05) is 5.43 Å². The predicted molar refractivity (Wildman–Crippen MR) is 114 cm³/mol. The first-order valence-electron chi connectivity index (χ1n) is 8.91. The number of benzene rings is 2. The van der Waals surface area contributed by atoms with Gasteiger partial charge in [0, 0.05) is 11.6 Å². The fourth-order valence-corrected chi connectivity index (χ4v) is 2.97. The van der Waals surface area contributed by atoms with Gasteiger partial charge in [-0.1, -0.05) is 17.7 Å². The zero-order valence-electron chi connectivity index (χ0n) is 16.7. The summed E-state index contributed by atoms with van der Waals surface area (Å²) in [6, 6.07) is 8.70. The molecule has 0 fully saturated rings. The van der Waals surface area contributed by atoms with Crippen LogP contribution in [0.5, 0.6) is 11.6 Å². The van der Waals surface area contributed by atoms with Crippen LogP contribution in [-0.2, 0) is 0 Å². The Morgan fingerprint density at radius 3 is 2.34 bits per heavy atom. The number of amides is 1. The number of rotatable bonds is 7. The summed E-state index contributed by atoms with van der Waals surface area (Å²) in [5, 5.41) is 22.5. The van der Waals surface area contributed by atoms with Gasteiger partial charge in [-0.05, 0) is 49.2 Å². The van der Waals surface area contributed by atoms with Crippen LogP contribution in [0.4, 0.5) is 17.2 Å². The monoisotopic (exact) mass is 458 g/mol. The first-order chi connectivity index (χ1) is 15.2. The molecular formula is C19H15ClN6O6. The number of aryl methyl sites for hydroxylation is 2. The van der Waals surface area contributed by atoms with E-state index in [1.54, 1.807) is 12.1 Å². The maximum Gasteiger partial charge on any atom is 0.374 e. The Morgan fingerprint density at radius 2 is 1.72 bits per heavy atom. The molecule has 12 nitrogen and oxygen atoms in total. The van der Waals surface area contributed by atoms with Gasteiger partial charge in [-0.25, -0.2) is 4.98 Å². The molecule has 13 heteroatoms. The van der Waals surface area contributed by atoms with Crippen LogP contribution in [0.3, 0.4) is 0 Å². The highest BCUT2D eigenvalue weighted by Gasteiger charge is 2.26. The predicted octanol–water partition coefficient (Wildman–Crippen LogP) is 4.11. The lowest BCUT2D eigenvalue weighted by Gasteiger charge is -2.11. The summed E-state index contributed by atoms with van der Waals surface area (Å²) in [4.78, 5) is 41.1. The molecule has 32 heavy (non-hydrogen) atoms. The second-order valence-electron chi connectivity index (χ2n) is 6.56. The van der Waals surface area contributed by atoms with Crippen LogP contribution < -0.4 is 15.6 Å². The molecule has 0 saturated heterocycles. The summed E-state index contributed by atoms with van der Waals surface area (Å²) in [6.45, 7) is 3.69. The number of halogens is 1. The number of nitrogens with zero attached hydrogens (tertiary/aromatic N) is 4. The molecule has 0 aliphatic heterocycles. The van der Waals surface area contributed by atoms with E-state index in [4.69, 9.17) is 16.3 Å². The average molecular weight is 459 g/mol. The van der Waals surface area contributed by atoms with E-state index in [0.29, 0.717) is 5.75 Å². The van der Waals surface area contributed by atoms with Gasteiger partial charge in [-0.2, -0.15) is 4.98 Å². The number of ether oxygens (including phenoxy) is 1. The van der Waals surface area contributed by atoms with Crippen LogP contribution >= 0.6 is 11.6 Å². The lowest BCUT2D eigenvalue weighted by Crippen LogP contribution is -2.30. The van der Waals surface area contributed by atoms with E-state index in [1.165, 1.54) is 12.1 Å². The Kier molecular flexibility index (Phi) is 6.45. The van der Waals surface area contributed by atoms with E-state index in [9.17, 15) is 25.0 Å². The van der Waals surface area contributed by atoms with Crippen LogP contribution in [0, 0.1) is 34.1 Å². The number of nitro groups is 2. The quantitative estimate of drug-likeness (QED) is 0.391. The topological polar surface area (TPSA) is 162 Å². The molecular weight excluding hydrogens is 444 g/mol. The largest absolute Gasteiger partial charge is 0.434 e. The Hall–Kier alpha value is -4.32. The van der Waals surface area contributed by atoms with Gasteiger partial charge < -0.3 is 4.74 Å². The van der Waals surface area contributed by atoms with E-state index in [2.05, 4.69) is 20.8 Å². The Morgan fingerprint density at radius 1 is 1.03 bits per heavy atom. The summed E-state index contributed by atoms with van der Waals surface area (Å²) in [5.74, 6) is -1.16. The molecule has 0 unspecified atom stereocenters. The molecule has 3 aromatic rings. The van der Waals surface area contributed by atoms with Crippen LogP contribution in [0.2, 0.25) is 5.02 Å². The van der Waals surface area contributed by atoms with E-state index in [1.807, 2.05) is 19.9 Å². The van der Waals surface area contributed by atoms with Crippen LogP contribution in [0.15, 0.2) is 42.7 Å². The lowest BCUT2D eigenvalue weighted by atomic mass is 10.1. The molecule has 0 saturated carbocycles. The number of anilines is 1. The van der Waals surface area contributed by atoms with E-state index in [-0.39, 0.29) is 22.3 Å². The highest BCUT2D eigenvalue weighted by molar-refractivity contribution is 6.32. The third-order valence-electron chi connectivity index (χ3n) is 4.08. The van der Waals surface area contributed by atoms with Crippen molar-refractivity contribution >= 4 is 34.7 Å². The molecule has 0 spiro atoms. The van der Waals surface area contributed by atoms with Crippen molar-refractivity contribution in [1.29, 1.82) is 0 Å². The molecule has 0 bridgehead atoms. The van der Waals surface area contributed by atoms with Gasteiger partial charge in [0.05, 0.1) is 9.85 Å². The molecule has 0 aliphatic rings. The summed E-state index contributed by atoms with van der Waals surface area (Å²) < 4.78 is 5.58. The first-order valence-corrected chi connectivity index (χ1v) is 9.29. The second-order valence-corrected chi connectivity index (χ2v) is 6.97. The molecule has 3 rings (SSSR count). The fraction of sp³-hybridized carbons (Fsp3) is 0.105. The standard InChI is InChI=1S/C19H15ClN6O6/c1-10-5-11(2)7-13(6-10)32-19-16(26(30)31)17(21-9-22-19)23-24-18(27)12-3-4-14(20)15(8-12)25(28)29/h3-9H,1-2H3,(H,24,27)(H,21,22,23). The number of nitrogens with one attached hydrogen (secondary N) is 2. The zero-order chi connectivity index (χ0) is 23.4. The third-order valence-corrected chi connectivity index (χ3v) is 4.40. The molecule has 2 N–H and O–H groups in total. The molecule has 1 aromatic heterocycles. The summed E-state index contributed by atoms with van der Waals surface area (Å²) in [7, 11) is 0. The van der Waals surface area contributed by atoms with Gasteiger partial charge >= 0.3 is 11.6 Å². The van der Waals surface area contributed by atoms with Gasteiger partial charge in [0.1, 0.15) is 17.1 Å². The van der Waals surface area contributed by atoms with E-state index >= 15 is 0 Å². The van der Waals surface area contributed by atoms with Crippen molar-refractivity contribution in [3.63, 3.8) is 0 Å². The number of hydrazine groups is 1. The van der Waals surface area contributed by atoms with Crippen molar-refractivity contribution < 1.29 is 19.4 Å². The molecule has 0 radical (unpaired) electrons. The van der Waals surface area contributed by atoms with Crippen LogP contribution in [-0.4, -0.2) is 25.7 Å². The summed E-state index contributed by atoms with van der Waals surface area (Å²) in [6.07, 6.45) is 1.02. The SMILES string of the molecule is Cc1cc(C)cc(Oc2ncnc(NNC(=O)c3ccc(Cl)c([N+](=O)[O-])c3)c2[N+](=O)[O-])c1. The maximum atomic E-state index is 12.4. The van der Waals surface area contributed by atoms with E-state index < -0.39 is 27.1 Å². The van der Waals surface area contributed by atoms with Gasteiger partial charge in [0.2, 0.25) is 5.82 Å². The maximum absolute atomic E-state index is 12.4. The molecule has 1 heterocycles. The number of hydrogen-bond acceptors (Lipinski definition) is 9. The minimum atomic E-state index is -0.811. The number of nitro benzene ring substituents is 1. The summed E-state index contributed by atoms with van der Waals surface area (Å²) in [5.41, 5.74) is 5.13. The highest BCUT2D eigenvalue weighted by Crippen LogP contribution is 2.34. The molecule has 1 amide bonds. The highest BCUT2D eigenvalue weighted by atomic mass is 35.5. The Labute approximate surface area is 185 Å². The van der Waals surface area contributed by atoms with Crippen molar-refractivity contribution in [2.45, 2.75) is 13.8 Å². The number of aromatic nitrogens is 2. The fourth-order valence-electron chi connectivity index (χ4n) is 2.78. The van der Waals surface area contributed by atoms with Crippen LogP contribution in [0.25, 0.3) is 0 Å². The number of carbonyl (C=O) groups excluding carboxylic acids is 1. The Balaban J connectivity index is 1.85. The number of carbonyl (C=O) groups is 1. The smallest absolute Gasteiger partial charge is 0.374 e. The van der Waals surface area contributed by atoms with Crippen molar-refractivity contribution in [3.8, 4) is 11.6 Å².